The Kier molecular flexibility index (Phi) is 4.92. The fourth-order valence-electron chi connectivity index (χ4n) is 3.33. The zero-order chi connectivity index (χ0) is 17.2. The second-order valence-corrected chi connectivity index (χ2v) is 5.68. The number of rotatable bonds is 3. The fourth-order valence-corrected chi connectivity index (χ4v) is 3.33. The highest BCUT2D eigenvalue weighted by Crippen LogP contribution is 2.43. The molecule has 0 radical (unpaired) electrons. The van der Waals surface area contributed by atoms with Gasteiger partial charge in [-0.2, -0.15) is 0 Å². The first kappa shape index (κ1) is 17.2. The quantitative estimate of drug-likeness (QED) is 0.811. The highest BCUT2D eigenvalue weighted by molar-refractivity contribution is 5.86. The van der Waals surface area contributed by atoms with E-state index in [4.69, 9.17) is 5.11 Å². The predicted molar refractivity (Wildman–Crippen MR) is 87.7 cm³/mol. The second kappa shape index (κ2) is 6.56. The third-order valence-corrected chi connectivity index (χ3v) is 4.39. The van der Waals surface area contributed by atoms with Crippen molar-refractivity contribution in [1.29, 1.82) is 0 Å². The van der Waals surface area contributed by atoms with Crippen molar-refractivity contribution < 1.29 is 20.1 Å². The Hall–Kier alpha value is -2.11. The Labute approximate surface area is 135 Å². The van der Waals surface area contributed by atoms with Gasteiger partial charge < -0.3 is 19.9 Å². The Bertz CT molecular complexity index is 703. The van der Waals surface area contributed by atoms with Crippen LogP contribution in [-0.2, 0) is 18.6 Å². The van der Waals surface area contributed by atoms with Crippen molar-refractivity contribution in [3.8, 4) is 0 Å². The minimum atomic E-state index is -1.09. The molecule has 3 rings (SSSR count). The summed E-state index contributed by atoms with van der Waals surface area (Å²) in [4.78, 5) is 11.4. The normalized spacial score (nSPS) is 19.0. The van der Waals surface area contributed by atoms with Crippen LogP contribution < -0.4 is 0 Å². The molecule has 124 valence electrons. The number of hydrogen-bond acceptors (Lipinski definition) is 3. The van der Waals surface area contributed by atoms with E-state index in [-0.39, 0.29) is 5.69 Å². The number of fused-ring (bicyclic) bond motifs is 1. The van der Waals surface area contributed by atoms with Crippen LogP contribution in [0.2, 0.25) is 0 Å². The zero-order valence-electron chi connectivity index (χ0n) is 13.7. The lowest BCUT2D eigenvalue weighted by Gasteiger charge is -2.26. The van der Waals surface area contributed by atoms with E-state index in [9.17, 15) is 15.0 Å². The molecule has 1 atom stereocenters. The van der Waals surface area contributed by atoms with Gasteiger partial charge in [-0.25, -0.2) is 4.79 Å². The number of benzene rings is 1. The maximum atomic E-state index is 11.4. The summed E-state index contributed by atoms with van der Waals surface area (Å²) in [7, 11) is 1.00. The van der Waals surface area contributed by atoms with Crippen molar-refractivity contribution in [2.45, 2.75) is 38.8 Å². The van der Waals surface area contributed by atoms with Gasteiger partial charge in [0.2, 0.25) is 0 Å². The van der Waals surface area contributed by atoms with E-state index in [1.165, 1.54) is 0 Å². The van der Waals surface area contributed by atoms with Crippen LogP contribution in [0.25, 0.3) is 0 Å². The summed E-state index contributed by atoms with van der Waals surface area (Å²) in [5.41, 5.74) is 2.82. The van der Waals surface area contributed by atoms with Crippen molar-refractivity contribution in [3.63, 3.8) is 0 Å². The summed E-state index contributed by atoms with van der Waals surface area (Å²) < 4.78 is 1.73. The molecule has 1 aliphatic rings. The Morgan fingerprint density at radius 2 is 1.87 bits per heavy atom. The number of carboxylic acid groups (broad SMARTS) is 1. The second-order valence-electron chi connectivity index (χ2n) is 5.68. The number of nitrogens with zero attached hydrogens (tertiary/aromatic N) is 1. The van der Waals surface area contributed by atoms with Gasteiger partial charge in [0, 0.05) is 13.7 Å². The summed E-state index contributed by atoms with van der Waals surface area (Å²) in [5, 5.41) is 27.5. The number of hydrogen-bond donors (Lipinski definition) is 3. The van der Waals surface area contributed by atoms with E-state index < -0.39 is 11.6 Å². The van der Waals surface area contributed by atoms with Gasteiger partial charge in [0.25, 0.3) is 0 Å². The number of aliphatic hydroxyl groups excluding tert-OH is 1. The molecule has 2 aromatic rings. The van der Waals surface area contributed by atoms with E-state index in [0.29, 0.717) is 19.4 Å². The lowest BCUT2D eigenvalue weighted by molar-refractivity contribution is 0.0660. The van der Waals surface area contributed by atoms with E-state index in [2.05, 4.69) is 0 Å². The van der Waals surface area contributed by atoms with Gasteiger partial charge in [-0.3, -0.25) is 0 Å². The number of carbonyl (C=O) groups is 1. The molecular weight excluding hydrogens is 294 g/mol. The van der Waals surface area contributed by atoms with Crippen molar-refractivity contribution in [2.24, 2.45) is 0 Å². The number of aromatic carboxylic acids is 1. The molecule has 1 aromatic carbocycles. The lowest BCUT2D eigenvalue weighted by Crippen LogP contribution is -2.28. The summed E-state index contributed by atoms with van der Waals surface area (Å²) in [6, 6.07) is 9.51. The molecule has 0 saturated heterocycles. The fraction of sp³-hybridized carbons (Fsp3) is 0.389. The monoisotopic (exact) mass is 317 g/mol. The van der Waals surface area contributed by atoms with Crippen molar-refractivity contribution in [2.75, 3.05) is 7.11 Å². The number of aryl methyl sites for hydroxylation is 2. The summed E-state index contributed by atoms with van der Waals surface area (Å²) >= 11 is 0. The van der Waals surface area contributed by atoms with Crippen molar-refractivity contribution >= 4 is 5.97 Å². The van der Waals surface area contributed by atoms with Crippen molar-refractivity contribution in [3.05, 3.63) is 58.4 Å². The lowest BCUT2D eigenvalue weighted by atomic mass is 9.90. The summed E-state index contributed by atoms with van der Waals surface area (Å²) in [6.45, 7) is 4.44. The van der Waals surface area contributed by atoms with Crippen LogP contribution in [-0.4, -0.2) is 33.0 Å². The maximum Gasteiger partial charge on any atom is 0.352 e. The molecular formula is C18H23NO4. The van der Waals surface area contributed by atoms with E-state index in [0.717, 1.165) is 29.5 Å². The first-order chi connectivity index (χ1) is 11.0. The summed E-state index contributed by atoms with van der Waals surface area (Å²) in [5.74, 6) is -0.947. The molecule has 1 aromatic heterocycles. The average Bonchev–Trinajstić information content (AvgIpc) is 3.09. The Balaban J connectivity index is 0.000000924. The Morgan fingerprint density at radius 3 is 2.39 bits per heavy atom. The first-order valence-corrected chi connectivity index (χ1v) is 7.67. The molecule has 0 amide bonds. The smallest absolute Gasteiger partial charge is 0.352 e. The number of aromatic nitrogens is 1. The molecule has 0 aliphatic heterocycles. The van der Waals surface area contributed by atoms with Crippen LogP contribution in [0.1, 0.15) is 46.2 Å². The van der Waals surface area contributed by atoms with Crippen LogP contribution in [0.5, 0.6) is 0 Å². The van der Waals surface area contributed by atoms with Crippen molar-refractivity contribution in [1.82, 2.24) is 4.57 Å². The minimum Gasteiger partial charge on any atom is -0.477 e. The number of carboxylic acids is 1. The molecule has 1 aliphatic carbocycles. The molecule has 0 saturated carbocycles. The van der Waals surface area contributed by atoms with E-state index >= 15 is 0 Å². The van der Waals surface area contributed by atoms with Gasteiger partial charge in [-0.1, -0.05) is 29.8 Å². The highest BCUT2D eigenvalue weighted by Gasteiger charge is 2.42. The van der Waals surface area contributed by atoms with Gasteiger partial charge in [-0.15, -0.1) is 0 Å². The molecule has 1 unspecified atom stereocenters. The van der Waals surface area contributed by atoms with Crippen LogP contribution in [0.4, 0.5) is 0 Å². The molecule has 3 N–H and O–H groups in total. The SMILES string of the molecule is CCn1c(C(=O)O)cc2c1C(O)(c1ccc(C)cc1)CC2.CO. The molecule has 0 fully saturated rings. The van der Waals surface area contributed by atoms with Gasteiger partial charge in [-0.05, 0) is 43.9 Å². The third-order valence-electron chi connectivity index (χ3n) is 4.39. The zero-order valence-corrected chi connectivity index (χ0v) is 13.7. The molecule has 0 spiro atoms. The van der Waals surface area contributed by atoms with E-state index in [1.54, 1.807) is 10.6 Å². The third kappa shape index (κ3) is 2.78. The molecule has 5 nitrogen and oxygen atoms in total. The standard InChI is InChI=1S/C17H19NO3.CH4O/c1-3-18-14(16(19)20)10-12-8-9-17(21,15(12)18)13-6-4-11(2)5-7-13;1-2/h4-7,10,21H,3,8-9H2,1-2H3,(H,19,20);2H,1H3. The predicted octanol–water partition coefficient (Wildman–Crippen LogP) is 2.31. The van der Waals surface area contributed by atoms with Gasteiger partial charge in [0.05, 0.1) is 5.69 Å². The summed E-state index contributed by atoms with van der Waals surface area (Å²) in [6.07, 6.45) is 1.30. The van der Waals surface area contributed by atoms with Gasteiger partial charge >= 0.3 is 5.97 Å². The Morgan fingerprint density at radius 1 is 1.26 bits per heavy atom. The molecule has 1 heterocycles. The maximum absolute atomic E-state index is 11.4. The highest BCUT2D eigenvalue weighted by atomic mass is 16.4. The molecule has 0 bridgehead atoms. The molecule has 5 heteroatoms. The van der Waals surface area contributed by atoms with Gasteiger partial charge in [0.1, 0.15) is 11.3 Å². The molecule has 23 heavy (non-hydrogen) atoms. The topological polar surface area (TPSA) is 82.7 Å². The van der Waals surface area contributed by atoms with E-state index in [1.807, 2.05) is 38.1 Å². The van der Waals surface area contributed by atoms with Crippen LogP contribution in [0.15, 0.2) is 30.3 Å². The number of aliphatic hydroxyl groups is 2. The first-order valence-electron chi connectivity index (χ1n) is 7.67. The van der Waals surface area contributed by atoms with Gasteiger partial charge in [0.15, 0.2) is 0 Å². The largest absolute Gasteiger partial charge is 0.477 e. The van der Waals surface area contributed by atoms with Crippen LogP contribution >= 0.6 is 0 Å². The van der Waals surface area contributed by atoms with Crippen LogP contribution in [0, 0.1) is 6.92 Å². The minimum absolute atomic E-state index is 0.257. The van der Waals surface area contributed by atoms with Crippen LogP contribution in [0.3, 0.4) is 0 Å². The average molecular weight is 317 g/mol.